The minimum Gasteiger partial charge on any atom is -0.457 e. The van der Waals surface area contributed by atoms with Crippen LogP contribution >= 0.6 is 0 Å². The molecule has 1 aromatic carbocycles. The standard InChI is InChI=1S/C16H19N3O2/c1-10-7-11(2)15(9-13(10)17)21-12-5-6-18-14(8-12)16(20)19(3)4/h5-9H,17H2,1-4H3. The number of hydrogen-bond acceptors (Lipinski definition) is 4. The van der Waals surface area contributed by atoms with Crippen molar-refractivity contribution in [3.05, 3.63) is 47.3 Å². The zero-order valence-electron chi connectivity index (χ0n) is 12.7. The van der Waals surface area contributed by atoms with Gasteiger partial charge in [0.05, 0.1) is 0 Å². The molecule has 5 heteroatoms. The Balaban J connectivity index is 2.30. The molecule has 0 fully saturated rings. The van der Waals surface area contributed by atoms with Gasteiger partial charge in [-0.2, -0.15) is 0 Å². The molecule has 0 aliphatic carbocycles. The van der Waals surface area contributed by atoms with Crippen LogP contribution in [0.3, 0.4) is 0 Å². The Kier molecular flexibility index (Phi) is 4.12. The number of aryl methyl sites for hydroxylation is 2. The second-order valence-electron chi connectivity index (χ2n) is 5.15. The number of anilines is 1. The lowest BCUT2D eigenvalue weighted by molar-refractivity contribution is 0.0821. The van der Waals surface area contributed by atoms with Crippen LogP contribution in [0.4, 0.5) is 5.69 Å². The van der Waals surface area contributed by atoms with Crippen LogP contribution in [0, 0.1) is 13.8 Å². The van der Waals surface area contributed by atoms with E-state index < -0.39 is 0 Å². The highest BCUT2D eigenvalue weighted by Crippen LogP contribution is 2.29. The van der Waals surface area contributed by atoms with E-state index in [9.17, 15) is 4.79 Å². The van der Waals surface area contributed by atoms with Gasteiger partial charge in [-0.1, -0.05) is 6.07 Å². The molecular weight excluding hydrogens is 266 g/mol. The fourth-order valence-corrected chi connectivity index (χ4v) is 1.91. The molecule has 1 aromatic heterocycles. The highest BCUT2D eigenvalue weighted by Gasteiger charge is 2.11. The second kappa shape index (κ2) is 5.83. The molecule has 1 heterocycles. The highest BCUT2D eigenvalue weighted by molar-refractivity contribution is 5.92. The summed E-state index contributed by atoms with van der Waals surface area (Å²) in [5.74, 6) is 1.06. The SMILES string of the molecule is Cc1cc(C)c(Oc2ccnc(C(=O)N(C)C)c2)cc1N. The molecule has 2 aromatic rings. The van der Waals surface area contributed by atoms with E-state index in [-0.39, 0.29) is 5.91 Å². The van der Waals surface area contributed by atoms with Gasteiger partial charge in [0.1, 0.15) is 17.2 Å². The molecule has 5 nitrogen and oxygen atoms in total. The number of pyridine rings is 1. The molecule has 0 aliphatic heterocycles. The van der Waals surface area contributed by atoms with Gasteiger partial charge in [0, 0.05) is 38.1 Å². The van der Waals surface area contributed by atoms with Gasteiger partial charge >= 0.3 is 0 Å². The van der Waals surface area contributed by atoms with Crippen molar-refractivity contribution in [2.75, 3.05) is 19.8 Å². The van der Waals surface area contributed by atoms with E-state index in [4.69, 9.17) is 10.5 Å². The van der Waals surface area contributed by atoms with Crippen LogP contribution < -0.4 is 10.5 Å². The average molecular weight is 285 g/mol. The first kappa shape index (κ1) is 14.8. The first-order valence-electron chi connectivity index (χ1n) is 6.60. The fourth-order valence-electron chi connectivity index (χ4n) is 1.91. The van der Waals surface area contributed by atoms with E-state index in [0.717, 1.165) is 11.1 Å². The van der Waals surface area contributed by atoms with Gasteiger partial charge in [0.15, 0.2) is 0 Å². The van der Waals surface area contributed by atoms with Gasteiger partial charge in [0.25, 0.3) is 5.91 Å². The Hall–Kier alpha value is -2.56. The van der Waals surface area contributed by atoms with Crippen LogP contribution in [0.5, 0.6) is 11.5 Å². The van der Waals surface area contributed by atoms with Gasteiger partial charge in [-0.15, -0.1) is 0 Å². The molecule has 0 saturated carbocycles. The monoisotopic (exact) mass is 285 g/mol. The van der Waals surface area contributed by atoms with Crippen molar-refractivity contribution < 1.29 is 9.53 Å². The van der Waals surface area contributed by atoms with Gasteiger partial charge < -0.3 is 15.4 Å². The Morgan fingerprint density at radius 1 is 1.19 bits per heavy atom. The van der Waals surface area contributed by atoms with E-state index in [1.165, 1.54) is 4.90 Å². The molecular formula is C16H19N3O2. The Morgan fingerprint density at radius 3 is 2.57 bits per heavy atom. The maximum Gasteiger partial charge on any atom is 0.272 e. The average Bonchev–Trinajstić information content (AvgIpc) is 2.44. The molecule has 21 heavy (non-hydrogen) atoms. The van der Waals surface area contributed by atoms with Crippen molar-refractivity contribution in [2.45, 2.75) is 13.8 Å². The largest absolute Gasteiger partial charge is 0.457 e. The number of rotatable bonds is 3. The summed E-state index contributed by atoms with van der Waals surface area (Å²) >= 11 is 0. The fraction of sp³-hybridized carbons (Fsp3) is 0.250. The molecule has 0 saturated heterocycles. The van der Waals surface area contributed by atoms with Crippen LogP contribution in [-0.4, -0.2) is 29.9 Å². The van der Waals surface area contributed by atoms with Gasteiger partial charge in [-0.05, 0) is 31.0 Å². The number of carbonyl (C=O) groups excluding carboxylic acids is 1. The van der Waals surface area contributed by atoms with E-state index >= 15 is 0 Å². The number of aromatic nitrogens is 1. The molecule has 1 amide bonds. The number of carbonyl (C=O) groups is 1. The summed E-state index contributed by atoms with van der Waals surface area (Å²) in [6.07, 6.45) is 1.55. The number of amides is 1. The number of nitrogen functional groups attached to an aromatic ring is 1. The Labute approximate surface area is 124 Å². The van der Waals surface area contributed by atoms with Crippen molar-refractivity contribution in [3.63, 3.8) is 0 Å². The molecule has 110 valence electrons. The minimum absolute atomic E-state index is 0.166. The van der Waals surface area contributed by atoms with Crippen molar-refractivity contribution in [3.8, 4) is 11.5 Å². The summed E-state index contributed by atoms with van der Waals surface area (Å²) in [4.78, 5) is 17.4. The maximum atomic E-state index is 11.9. The first-order chi connectivity index (χ1) is 9.88. The summed E-state index contributed by atoms with van der Waals surface area (Å²) in [5.41, 5.74) is 8.92. The van der Waals surface area contributed by atoms with Gasteiger partial charge in [0.2, 0.25) is 0 Å². The van der Waals surface area contributed by atoms with Crippen molar-refractivity contribution in [2.24, 2.45) is 0 Å². The molecule has 0 radical (unpaired) electrons. The third-order valence-electron chi connectivity index (χ3n) is 3.15. The molecule has 0 spiro atoms. The summed E-state index contributed by atoms with van der Waals surface area (Å²) < 4.78 is 5.82. The number of hydrogen-bond donors (Lipinski definition) is 1. The van der Waals surface area contributed by atoms with Gasteiger partial charge in [-0.3, -0.25) is 9.78 Å². The van der Waals surface area contributed by atoms with E-state index in [1.807, 2.05) is 19.9 Å². The zero-order chi connectivity index (χ0) is 15.6. The molecule has 0 bridgehead atoms. The Morgan fingerprint density at radius 2 is 1.90 bits per heavy atom. The van der Waals surface area contributed by atoms with E-state index in [0.29, 0.717) is 22.9 Å². The maximum absolute atomic E-state index is 11.9. The minimum atomic E-state index is -0.166. The molecule has 0 aliphatic rings. The molecule has 2 rings (SSSR count). The summed E-state index contributed by atoms with van der Waals surface area (Å²) in [5, 5.41) is 0. The molecule has 0 unspecified atom stereocenters. The second-order valence-corrected chi connectivity index (χ2v) is 5.15. The van der Waals surface area contributed by atoms with Gasteiger partial charge in [-0.25, -0.2) is 0 Å². The quantitative estimate of drug-likeness (QED) is 0.880. The lowest BCUT2D eigenvalue weighted by Gasteiger charge is -2.13. The molecule has 0 atom stereocenters. The summed E-state index contributed by atoms with van der Waals surface area (Å²) in [7, 11) is 3.37. The van der Waals surface area contributed by atoms with Crippen molar-refractivity contribution in [1.82, 2.24) is 9.88 Å². The molecule has 2 N–H and O–H groups in total. The predicted octanol–water partition coefficient (Wildman–Crippen LogP) is 2.77. The number of benzene rings is 1. The van der Waals surface area contributed by atoms with E-state index in [1.54, 1.807) is 38.5 Å². The van der Waals surface area contributed by atoms with Crippen LogP contribution in [0.2, 0.25) is 0 Å². The third-order valence-corrected chi connectivity index (χ3v) is 3.15. The first-order valence-corrected chi connectivity index (χ1v) is 6.60. The third kappa shape index (κ3) is 3.31. The smallest absolute Gasteiger partial charge is 0.272 e. The lowest BCUT2D eigenvalue weighted by atomic mass is 10.1. The van der Waals surface area contributed by atoms with Crippen molar-refractivity contribution in [1.29, 1.82) is 0 Å². The number of nitrogens with zero attached hydrogens (tertiary/aromatic N) is 2. The highest BCUT2D eigenvalue weighted by atomic mass is 16.5. The lowest BCUT2D eigenvalue weighted by Crippen LogP contribution is -2.22. The van der Waals surface area contributed by atoms with Crippen LogP contribution in [-0.2, 0) is 0 Å². The van der Waals surface area contributed by atoms with E-state index in [2.05, 4.69) is 4.98 Å². The number of nitrogens with two attached hydrogens (primary N) is 1. The predicted molar refractivity (Wildman–Crippen MR) is 82.7 cm³/mol. The summed E-state index contributed by atoms with van der Waals surface area (Å²) in [6.45, 7) is 3.90. The number of ether oxygens (including phenoxy) is 1. The van der Waals surface area contributed by atoms with Crippen LogP contribution in [0.1, 0.15) is 21.6 Å². The summed E-state index contributed by atoms with van der Waals surface area (Å²) in [6, 6.07) is 7.09. The zero-order valence-corrected chi connectivity index (χ0v) is 12.7. The Bertz CT molecular complexity index is 681. The van der Waals surface area contributed by atoms with Crippen LogP contribution in [0.15, 0.2) is 30.5 Å². The van der Waals surface area contributed by atoms with Crippen molar-refractivity contribution >= 4 is 11.6 Å². The topological polar surface area (TPSA) is 68.5 Å². The van der Waals surface area contributed by atoms with Crippen LogP contribution in [0.25, 0.3) is 0 Å². The normalized spacial score (nSPS) is 10.3.